The van der Waals surface area contributed by atoms with E-state index >= 15 is 0 Å². The summed E-state index contributed by atoms with van der Waals surface area (Å²) >= 11 is 0. The second-order valence-corrected chi connectivity index (χ2v) is 14.3. The first-order valence-corrected chi connectivity index (χ1v) is 12.1. The Kier molecular flexibility index (Phi) is 4.52. The molecule has 0 heterocycles. The molecule has 0 bridgehead atoms. The van der Waals surface area contributed by atoms with Crippen LogP contribution < -0.4 is 5.19 Å². The summed E-state index contributed by atoms with van der Waals surface area (Å²) in [5.74, 6) is 0. The number of rotatable bonds is 5. The van der Waals surface area contributed by atoms with E-state index in [1.165, 1.54) is 10.0 Å². The zero-order chi connectivity index (χ0) is 13.1. The van der Waals surface area contributed by atoms with Crippen LogP contribution in [0.3, 0.4) is 0 Å². The van der Waals surface area contributed by atoms with E-state index < -0.39 is 16.4 Å². The molecule has 0 aliphatic heterocycles. The van der Waals surface area contributed by atoms with Crippen molar-refractivity contribution in [3.63, 3.8) is 0 Å². The summed E-state index contributed by atoms with van der Waals surface area (Å²) in [5.41, 5.74) is 0. The van der Waals surface area contributed by atoms with Crippen molar-refractivity contribution in [1.29, 1.82) is 0 Å². The fourth-order valence-corrected chi connectivity index (χ4v) is 11.2. The van der Waals surface area contributed by atoms with Crippen LogP contribution in [0.25, 0.3) is 0 Å². The molecule has 17 heavy (non-hydrogen) atoms. The first-order valence-electron chi connectivity index (χ1n) is 6.21. The minimum Gasteiger partial charge on any atom is -0.414 e. The minimum atomic E-state index is -1.76. The molecule has 3 heteroatoms. The molecule has 0 aromatic heterocycles. The van der Waals surface area contributed by atoms with Crippen LogP contribution in [0, 0.1) is 0 Å². The zero-order valence-electron chi connectivity index (χ0n) is 11.7. The van der Waals surface area contributed by atoms with Gasteiger partial charge in [0.2, 0.25) is 8.32 Å². The van der Waals surface area contributed by atoms with Crippen LogP contribution in [0.5, 0.6) is 0 Å². The summed E-state index contributed by atoms with van der Waals surface area (Å²) in [5, 5.41) is 1.45. The standard InChI is InChI=1S/C14H24OSi2/c1-7-15-17(5,6)13(2)16(3,4)14-11-9-8-10-12-14/h8-12H,2,7H2,1,3-6H3. The van der Waals surface area contributed by atoms with Crippen LogP contribution in [0.4, 0.5) is 0 Å². The largest absolute Gasteiger partial charge is 0.414 e. The van der Waals surface area contributed by atoms with Crippen molar-refractivity contribution in [3.05, 3.63) is 41.7 Å². The van der Waals surface area contributed by atoms with Gasteiger partial charge in [-0.05, 0) is 20.0 Å². The Bertz CT molecular complexity index is 382. The lowest BCUT2D eigenvalue weighted by Crippen LogP contribution is -2.53. The molecule has 0 fully saturated rings. The van der Waals surface area contributed by atoms with E-state index in [2.05, 4.69) is 70.0 Å². The van der Waals surface area contributed by atoms with Crippen molar-refractivity contribution >= 4 is 21.6 Å². The van der Waals surface area contributed by atoms with E-state index in [1.807, 2.05) is 0 Å². The maximum atomic E-state index is 5.97. The normalized spacial score (nSPS) is 12.5. The van der Waals surface area contributed by atoms with Crippen LogP contribution in [-0.4, -0.2) is 23.0 Å². The van der Waals surface area contributed by atoms with Crippen molar-refractivity contribution in [2.45, 2.75) is 33.1 Å². The van der Waals surface area contributed by atoms with E-state index in [0.29, 0.717) is 0 Å². The Morgan fingerprint density at radius 3 is 2.12 bits per heavy atom. The SMILES string of the molecule is C=C([Si](C)(C)OCC)[Si](C)(C)c1ccccc1. The first kappa shape index (κ1) is 14.4. The van der Waals surface area contributed by atoms with Crippen molar-refractivity contribution in [3.8, 4) is 0 Å². The van der Waals surface area contributed by atoms with Gasteiger partial charge in [-0.15, -0.1) is 6.58 Å². The summed E-state index contributed by atoms with van der Waals surface area (Å²) in [4.78, 5) is 1.39. The first-order chi connectivity index (χ1) is 7.82. The summed E-state index contributed by atoms with van der Waals surface area (Å²) in [6.45, 7) is 16.5. The van der Waals surface area contributed by atoms with Crippen molar-refractivity contribution < 1.29 is 4.43 Å². The Labute approximate surface area is 108 Å². The molecule has 0 amide bonds. The van der Waals surface area contributed by atoms with E-state index in [0.717, 1.165) is 6.61 Å². The van der Waals surface area contributed by atoms with Crippen LogP contribution >= 0.6 is 0 Å². The fourth-order valence-electron chi connectivity index (χ4n) is 2.23. The summed E-state index contributed by atoms with van der Waals surface area (Å²) in [6, 6.07) is 10.8. The molecule has 94 valence electrons. The summed E-state index contributed by atoms with van der Waals surface area (Å²) < 4.78 is 5.97. The molecular weight excluding hydrogens is 240 g/mol. The lowest BCUT2D eigenvalue weighted by molar-refractivity contribution is 0.337. The highest BCUT2D eigenvalue weighted by atomic mass is 28.4. The number of benzene rings is 1. The number of hydrogen-bond acceptors (Lipinski definition) is 1. The van der Waals surface area contributed by atoms with E-state index in [9.17, 15) is 0 Å². The summed E-state index contributed by atoms with van der Waals surface area (Å²) in [6.07, 6.45) is 0. The van der Waals surface area contributed by atoms with E-state index in [1.54, 1.807) is 0 Å². The average Bonchev–Trinajstić information content (AvgIpc) is 2.29. The van der Waals surface area contributed by atoms with Gasteiger partial charge in [0.1, 0.15) is 8.07 Å². The molecule has 0 unspecified atom stereocenters. The van der Waals surface area contributed by atoms with Gasteiger partial charge in [0, 0.05) is 6.61 Å². The smallest absolute Gasteiger partial charge is 0.210 e. The maximum absolute atomic E-state index is 5.97. The highest BCUT2D eigenvalue weighted by Crippen LogP contribution is 2.24. The zero-order valence-corrected chi connectivity index (χ0v) is 13.7. The molecule has 1 nitrogen and oxygen atoms in total. The van der Waals surface area contributed by atoms with Crippen molar-refractivity contribution in [1.82, 2.24) is 0 Å². The quantitative estimate of drug-likeness (QED) is 0.740. The van der Waals surface area contributed by atoms with Crippen LogP contribution in [0.2, 0.25) is 26.2 Å². The molecular formula is C14H24OSi2. The van der Waals surface area contributed by atoms with Crippen LogP contribution in [-0.2, 0) is 4.43 Å². The van der Waals surface area contributed by atoms with Gasteiger partial charge in [-0.3, -0.25) is 0 Å². The molecule has 0 aliphatic rings. The van der Waals surface area contributed by atoms with E-state index in [-0.39, 0.29) is 0 Å². The van der Waals surface area contributed by atoms with E-state index in [4.69, 9.17) is 4.43 Å². The van der Waals surface area contributed by atoms with Gasteiger partial charge >= 0.3 is 0 Å². The van der Waals surface area contributed by atoms with Crippen LogP contribution in [0.1, 0.15) is 6.92 Å². The van der Waals surface area contributed by atoms with Crippen molar-refractivity contribution in [2.75, 3.05) is 6.61 Å². The minimum absolute atomic E-state index is 0.789. The molecule has 0 radical (unpaired) electrons. The second-order valence-electron chi connectivity index (χ2n) is 5.41. The molecule has 1 aromatic rings. The highest BCUT2D eigenvalue weighted by Gasteiger charge is 2.38. The third-order valence-electron chi connectivity index (χ3n) is 3.48. The number of hydrogen-bond donors (Lipinski definition) is 0. The van der Waals surface area contributed by atoms with Gasteiger partial charge in [-0.25, -0.2) is 0 Å². The van der Waals surface area contributed by atoms with Gasteiger partial charge in [0.05, 0.1) is 0 Å². The lowest BCUT2D eigenvalue weighted by atomic mass is 10.4. The second kappa shape index (κ2) is 5.33. The lowest BCUT2D eigenvalue weighted by Gasteiger charge is -2.35. The van der Waals surface area contributed by atoms with Gasteiger partial charge in [0.25, 0.3) is 0 Å². The molecule has 0 saturated carbocycles. The Morgan fingerprint density at radius 1 is 1.12 bits per heavy atom. The third kappa shape index (κ3) is 3.18. The fraction of sp³-hybridized carbons (Fsp3) is 0.429. The highest BCUT2D eigenvalue weighted by molar-refractivity contribution is 7.09. The molecule has 1 rings (SSSR count). The molecule has 0 spiro atoms. The molecule has 0 aliphatic carbocycles. The molecule has 0 N–H and O–H groups in total. The predicted octanol–water partition coefficient (Wildman–Crippen LogP) is 3.48. The Morgan fingerprint density at radius 2 is 1.65 bits per heavy atom. The Balaban J connectivity index is 3.03. The summed E-state index contributed by atoms with van der Waals surface area (Å²) in [7, 11) is -3.37. The third-order valence-corrected chi connectivity index (χ3v) is 12.9. The predicted molar refractivity (Wildman–Crippen MR) is 81.8 cm³/mol. The average molecular weight is 265 g/mol. The van der Waals surface area contributed by atoms with Gasteiger partial charge in [0.15, 0.2) is 0 Å². The van der Waals surface area contributed by atoms with Crippen molar-refractivity contribution in [2.24, 2.45) is 0 Å². The van der Waals surface area contributed by atoms with Gasteiger partial charge < -0.3 is 4.43 Å². The Hall–Kier alpha value is -0.646. The monoisotopic (exact) mass is 264 g/mol. The van der Waals surface area contributed by atoms with Crippen LogP contribution in [0.15, 0.2) is 41.7 Å². The molecule has 0 saturated heterocycles. The molecule has 1 aromatic carbocycles. The topological polar surface area (TPSA) is 9.23 Å². The van der Waals surface area contributed by atoms with Gasteiger partial charge in [-0.1, -0.05) is 53.4 Å². The molecule has 0 atom stereocenters. The maximum Gasteiger partial charge on any atom is 0.210 e. The van der Waals surface area contributed by atoms with Gasteiger partial charge in [-0.2, -0.15) is 0 Å².